The van der Waals surface area contributed by atoms with E-state index in [2.05, 4.69) is 24.5 Å². The van der Waals surface area contributed by atoms with Gasteiger partial charge in [-0.15, -0.1) is 0 Å². The van der Waals surface area contributed by atoms with Gasteiger partial charge in [0.25, 0.3) is 0 Å². The lowest BCUT2D eigenvalue weighted by Gasteiger charge is -2.31. The summed E-state index contributed by atoms with van der Waals surface area (Å²) in [6, 6.07) is 0.446. The first-order chi connectivity index (χ1) is 9.69. The van der Waals surface area contributed by atoms with Crippen molar-refractivity contribution >= 4 is 5.91 Å². The number of carbonyl (C=O) groups is 1. The zero-order chi connectivity index (χ0) is 14.4. The lowest BCUT2D eigenvalue weighted by atomic mass is 9.83. The first-order valence-corrected chi connectivity index (χ1v) is 8.69. The SMILES string of the molecule is CCC1CCCC(NC(=O)CC(C)C2CCNCC2)C1. The molecule has 1 heterocycles. The van der Waals surface area contributed by atoms with E-state index in [1.807, 2.05) is 0 Å². The summed E-state index contributed by atoms with van der Waals surface area (Å²) in [6.07, 6.45) is 9.47. The van der Waals surface area contributed by atoms with Gasteiger partial charge < -0.3 is 10.6 Å². The molecule has 3 unspecified atom stereocenters. The summed E-state index contributed by atoms with van der Waals surface area (Å²) in [5, 5.41) is 6.70. The average Bonchev–Trinajstić information content (AvgIpc) is 2.48. The number of hydrogen-bond acceptors (Lipinski definition) is 2. The highest BCUT2D eigenvalue weighted by Crippen LogP contribution is 2.27. The molecule has 0 aromatic rings. The number of amides is 1. The van der Waals surface area contributed by atoms with Crippen molar-refractivity contribution in [1.82, 2.24) is 10.6 Å². The van der Waals surface area contributed by atoms with Crippen LogP contribution in [0.25, 0.3) is 0 Å². The van der Waals surface area contributed by atoms with Gasteiger partial charge in [0.1, 0.15) is 0 Å². The van der Waals surface area contributed by atoms with Gasteiger partial charge in [-0.25, -0.2) is 0 Å². The van der Waals surface area contributed by atoms with Gasteiger partial charge in [0.15, 0.2) is 0 Å². The minimum Gasteiger partial charge on any atom is -0.353 e. The van der Waals surface area contributed by atoms with Crippen molar-refractivity contribution < 1.29 is 4.79 Å². The van der Waals surface area contributed by atoms with Crippen LogP contribution in [0.2, 0.25) is 0 Å². The normalized spacial score (nSPS) is 29.9. The summed E-state index contributed by atoms with van der Waals surface area (Å²) in [7, 11) is 0. The fraction of sp³-hybridized carbons (Fsp3) is 0.941. The predicted molar refractivity (Wildman–Crippen MR) is 83.6 cm³/mol. The third-order valence-corrected chi connectivity index (χ3v) is 5.42. The van der Waals surface area contributed by atoms with Crippen LogP contribution in [-0.4, -0.2) is 25.0 Å². The molecule has 3 heteroatoms. The van der Waals surface area contributed by atoms with Crippen LogP contribution < -0.4 is 10.6 Å². The standard InChI is InChI=1S/C17H32N2O/c1-3-14-5-4-6-16(12-14)19-17(20)11-13(2)15-7-9-18-10-8-15/h13-16,18H,3-12H2,1-2H3,(H,19,20). The fourth-order valence-corrected chi connectivity index (χ4v) is 3.95. The van der Waals surface area contributed by atoms with Crippen LogP contribution in [-0.2, 0) is 4.79 Å². The summed E-state index contributed by atoms with van der Waals surface area (Å²) in [5.41, 5.74) is 0. The van der Waals surface area contributed by atoms with Gasteiger partial charge in [0, 0.05) is 12.5 Å². The molecule has 2 aliphatic rings. The van der Waals surface area contributed by atoms with Crippen LogP contribution in [0.4, 0.5) is 0 Å². The molecule has 0 aromatic carbocycles. The molecular formula is C17H32N2O. The Hall–Kier alpha value is -0.570. The molecule has 2 fully saturated rings. The number of carbonyl (C=O) groups excluding carboxylic acids is 1. The number of nitrogens with one attached hydrogen (secondary N) is 2. The van der Waals surface area contributed by atoms with Gasteiger partial charge in [0.05, 0.1) is 0 Å². The Labute approximate surface area is 124 Å². The molecule has 2 rings (SSSR count). The van der Waals surface area contributed by atoms with Crippen LogP contribution in [0.1, 0.15) is 65.2 Å². The summed E-state index contributed by atoms with van der Waals surface area (Å²) in [6.45, 7) is 6.77. The van der Waals surface area contributed by atoms with Crippen LogP contribution in [0.5, 0.6) is 0 Å². The minimum atomic E-state index is 0.290. The van der Waals surface area contributed by atoms with E-state index >= 15 is 0 Å². The first kappa shape index (κ1) is 15.8. The molecule has 0 bridgehead atoms. The van der Waals surface area contributed by atoms with Gasteiger partial charge in [-0.1, -0.05) is 33.1 Å². The van der Waals surface area contributed by atoms with Gasteiger partial charge in [-0.3, -0.25) is 4.79 Å². The summed E-state index contributed by atoms with van der Waals surface area (Å²) >= 11 is 0. The molecule has 0 aromatic heterocycles. The van der Waals surface area contributed by atoms with E-state index in [1.54, 1.807) is 0 Å². The zero-order valence-electron chi connectivity index (χ0n) is 13.3. The molecule has 2 N–H and O–H groups in total. The Kier molecular flexibility index (Phi) is 6.34. The smallest absolute Gasteiger partial charge is 0.220 e. The van der Waals surface area contributed by atoms with Crippen LogP contribution in [0.15, 0.2) is 0 Å². The second-order valence-electron chi connectivity index (χ2n) is 6.97. The molecule has 1 saturated carbocycles. The van der Waals surface area contributed by atoms with Crippen molar-refractivity contribution in [2.75, 3.05) is 13.1 Å². The number of piperidine rings is 1. The van der Waals surface area contributed by atoms with E-state index in [0.29, 0.717) is 12.0 Å². The average molecular weight is 280 g/mol. The van der Waals surface area contributed by atoms with Crippen molar-refractivity contribution in [1.29, 1.82) is 0 Å². The van der Waals surface area contributed by atoms with E-state index < -0.39 is 0 Å². The van der Waals surface area contributed by atoms with E-state index in [-0.39, 0.29) is 5.91 Å². The van der Waals surface area contributed by atoms with E-state index in [0.717, 1.165) is 31.3 Å². The Balaban J connectivity index is 1.71. The van der Waals surface area contributed by atoms with E-state index in [9.17, 15) is 4.79 Å². The molecule has 1 aliphatic carbocycles. The predicted octanol–water partition coefficient (Wildman–Crippen LogP) is 3.10. The molecule has 3 nitrogen and oxygen atoms in total. The highest BCUT2D eigenvalue weighted by molar-refractivity contribution is 5.76. The minimum absolute atomic E-state index is 0.290. The second kappa shape index (κ2) is 8.02. The number of rotatable bonds is 5. The second-order valence-corrected chi connectivity index (χ2v) is 6.97. The summed E-state index contributed by atoms with van der Waals surface area (Å²) < 4.78 is 0. The lowest BCUT2D eigenvalue weighted by molar-refractivity contribution is -0.123. The fourth-order valence-electron chi connectivity index (χ4n) is 3.95. The molecule has 20 heavy (non-hydrogen) atoms. The summed E-state index contributed by atoms with van der Waals surface area (Å²) in [5.74, 6) is 2.38. The maximum absolute atomic E-state index is 12.2. The third-order valence-electron chi connectivity index (χ3n) is 5.42. The van der Waals surface area contributed by atoms with Gasteiger partial charge in [0.2, 0.25) is 5.91 Å². The van der Waals surface area contributed by atoms with Gasteiger partial charge in [-0.05, 0) is 56.5 Å². The van der Waals surface area contributed by atoms with Gasteiger partial charge >= 0.3 is 0 Å². The molecule has 0 radical (unpaired) electrons. The molecule has 1 saturated heterocycles. The van der Waals surface area contributed by atoms with Crippen molar-refractivity contribution in [3.8, 4) is 0 Å². The Bertz CT molecular complexity index is 293. The van der Waals surface area contributed by atoms with Crippen LogP contribution in [0.3, 0.4) is 0 Å². The van der Waals surface area contributed by atoms with Crippen LogP contribution in [0, 0.1) is 17.8 Å². The monoisotopic (exact) mass is 280 g/mol. The Morgan fingerprint density at radius 2 is 2.00 bits per heavy atom. The third kappa shape index (κ3) is 4.76. The first-order valence-electron chi connectivity index (χ1n) is 8.69. The molecule has 0 spiro atoms. The maximum atomic E-state index is 12.2. The Morgan fingerprint density at radius 3 is 2.70 bits per heavy atom. The Morgan fingerprint density at radius 1 is 1.25 bits per heavy atom. The summed E-state index contributed by atoms with van der Waals surface area (Å²) in [4.78, 5) is 12.2. The highest BCUT2D eigenvalue weighted by Gasteiger charge is 2.25. The number of hydrogen-bond donors (Lipinski definition) is 2. The largest absolute Gasteiger partial charge is 0.353 e. The zero-order valence-corrected chi connectivity index (χ0v) is 13.3. The van der Waals surface area contributed by atoms with Crippen LogP contribution >= 0.6 is 0 Å². The quantitative estimate of drug-likeness (QED) is 0.812. The molecule has 3 atom stereocenters. The lowest BCUT2D eigenvalue weighted by Crippen LogP contribution is -2.40. The van der Waals surface area contributed by atoms with E-state index in [4.69, 9.17) is 0 Å². The molecule has 1 aliphatic heterocycles. The highest BCUT2D eigenvalue weighted by atomic mass is 16.1. The molecule has 1 amide bonds. The maximum Gasteiger partial charge on any atom is 0.220 e. The topological polar surface area (TPSA) is 41.1 Å². The molecular weight excluding hydrogens is 248 g/mol. The van der Waals surface area contributed by atoms with Crippen molar-refractivity contribution in [3.63, 3.8) is 0 Å². The van der Waals surface area contributed by atoms with Crippen molar-refractivity contribution in [2.45, 2.75) is 71.3 Å². The van der Waals surface area contributed by atoms with Crippen molar-refractivity contribution in [2.24, 2.45) is 17.8 Å². The van der Waals surface area contributed by atoms with E-state index in [1.165, 1.54) is 44.9 Å². The van der Waals surface area contributed by atoms with Crippen molar-refractivity contribution in [3.05, 3.63) is 0 Å². The van der Waals surface area contributed by atoms with Gasteiger partial charge in [-0.2, -0.15) is 0 Å². The molecule has 116 valence electrons.